The van der Waals surface area contributed by atoms with E-state index in [0.717, 1.165) is 23.7 Å². The molecule has 4 rings (SSSR count). The summed E-state index contributed by atoms with van der Waals surface area (Å²) in [5.41, 5.74) is 14.4. The topological polar surface area (TPSA) is 0 Å². The molecule has 4 atom stereocenters. The third kappa shape index (κ3) is 38.7. The van der Waals surface area contributed by atoms with Crippen molar-refractivity contribution >= 4 is 11.1 Å². The third-order valence-corrected chi connectivity index (χ3v) is 22.0. The molecule has 0 bridgehead atoms. The Morgan fingerprint density at radius 3 is 0.447 bits per heavy atom. The van der Waals surface area contributed by atoms with E-state index in [2.05, 4.69) is 152 Å². The minimum absolute atomic E-state index is 0.771. The van der Waals surface area contributed by atoms with Crippen LogP contribution in [0.2, 0.25) is 0 Å². The predicted octanol–water partition coefficient (Wildman–Crippen LogP) is 31.8. The van der Waals surface area contributed by atoms with Crippen molar-refractivity contribution in [2.45, 2.75) is 415 Å². The number of hydrogen-bond acceptors (Lipinski definition) is 0. The zero-order valence-electron chi connectivity index (χ0n) is 64.1. The Morgan fingerprint density at radius 2 is 0.298 bits per heavy atom. The van der Waals surface area contributed by atoms with E-state index in [9.17, 15) is 0 Å². The summed E-state index contributed by atoms with van der Waals surface area (Å²) in [4.78, 5) is 0. The van der Waals surface area contributed by atoms with Crippen LogP contribution >= 0.6 is 0 Å². The quantitative estimate of drug-likeness (QED) is 0.0305. The van der Waals surface area contributed by atoms with Crippen LogP contribution in [0.15, 0.2) is 97.1 Å². The molecule has 94 heavy (non-hydrogen) atoms. The lowest BCUT2D eigenvalue weighted by Crippen LogP contribution is -2.07. The van der Waals surface area contributed by atoms with Crippen LogP contribution < -0.4 is 0 Å². The van der Waals surface area contributed by atoms with Gasteiger partial charge in [-0.2, -0.15) is 0 Å². The smallest absolute Gasteiger partial charge is 0.00268 e. The molecule has 0 nitrogen and oxygen atoms in total. The van der Waals surface area contributed by atoms with Crippen LogP contribution in [0.1, 0.15) is 434 Å². The molecule has 0 N–H and O–H groups in total. The lowest BCUT2D eigenvalue weighted by Gasteiger charge is -2.22. The standard InChI is InChI=1S/C94H156/c1-9-17-25-33-37-41-49-57-81(53-45-29-21-13-5)77-85-61-69-89(70-62-85)93(90-71-63-86(64-72-90)78-82(54-46-30-22-14-6)58-50-42-38-34-26-18-10-2)94(91-73-65-87(66-74-91)79-83(55-47-31-23-15-7)59-51-43-39-35-27-19-11-3)92-75-67-88(68-76-92)80-84(56-48-32-24-16-8)60-52-44-40-36-28-20-12-4/h61-76,81-84H,9-60,77-80H2,1-8H3. The highest BCUT2D eigenvalue weighted by molar-refractivity contribution is 6.04. The van der Waals surface area contributed by atoms with E-state index in [-0.39, 0.29) is 0 Å². The molecule has 0 fully saturated rings. The fourth-order valence-corrected chi connectivity index (χ4v) is 15.9. The second-order valence-electron chi connectivity index (χ2n) is 30.9. The van der Waals surface area contributed by atoms with Gasteiger partial charge in [0, 0.05) is 0 Å². The van der Waals surface area contributed by atoms with Gasteiger partial charge < -0.3 is 0 Å². The zero-order chi connectivity index (χ0) is 67.0. The van der Waals surface area contributed by atoms with Crippen LogP contribution in [0.3, 0.4) is 0 Å². The van der Waals surface area contributed by atoms with Gasteiger partial charge in [0.1, 0.15) is 0 Å². The minimum atomic E-state index is 0.771. The molecule has 4 aromatic carbocycles. The Balaban J connectivity index is 1.86. The van der Waals surface area contributed by atoms with Crippen molar-refractivity contribution in [1.29, 1.82) is 0 Å². The molecular weight excluding hydrogens is 1130 g/mol. The van der Waals surface area contributed by atoms with Gasteiger partial charge in [-0.25, -0.2) is 0 Å². The number of hydrogen-bond donors (Lipinski definition) is 0. The van der Waals surface area contributed by atoms with Gasteiger partial charge in [-0.3, -0.25) is 0 Å². The molecule has 0 amide bonds. The zero-order valence-corrected chi connectivity index (χ0v) is 64.1. The molecule has 0 aliphatic heterocycles. The molecule has 0 aliphatic carbocycles. The highest BCUT2D eigenvalue weighted by Gasteiger charge is 2.21. The van der Waals surface area contributed by atoms with Crippen molar-refractivity contribution in [3.05, 3.63) is 142 Å². The normalized spacial score (nSPS) is 13.0. The van der Waals surface area contributed by atoms with Gasteiger partial charge in [-0.05, 0) is 105 Å². The number of rotatable bonds is 64. The van der Waals surface area contributed by atoms with E-state index in [4.69, 9.17) is 0 Å². The molecule has 0 aromatic heterocycles. The summed E-state index contributed by atoms with van der Waals surface area (Å²) in [5.74, 6) is 3.08. The Bertz CT molecular complexity index is 1980. The lowest BCUT2D eigenvalue weighted by atomic mass is 9.82. The predicted molar refractivity (Wildman–Crippen MR) is 425 cm³/mol. The van der Waals surface area contributed by atoms with Crippen LogP contribution in [0, 0.1) is 23.7 Å². The maximum atomic E-state index is 2.56. The van der Waals surface area contributed by atoms with E-state index >= 15 is 0 Å². The molecular formula is C94H156. The van der Waals surface area contributed by atoms with Gasteiger partial charge >= 0.3 is 0 Å². The second kappa shape index (κ2) is 57.5. The first-order valence-corrected chi connectivity index (χ1v) is 42.5. The minimum Gasteiger partial charge on any atom is -0.0654 e. The molecule has 4 aromatic rings. The van der Waals surface area contributed by atoms with Crippen molar-refractivity contribution in [1.82, 2.24) is 0 Å². The maximum absolute atomic E-state index is 2.56. The van der Waals surface area contributed by atoms with E-state index in [1.807, 2.05) is 0 Å². The lowest BCUT2D eigenvalue weighted by molar-refractivity contribution is 0.402. The monoisotopic (exact) mass is 1290 g/mol. The molecule has 0 heteroatoms. The van der Waals surface area contributed by atoms with E-state index in [1.165, 1.54) is 415 Å². The first-order valence-electron chi connectivity index (χ1n) is 42.5. The summed E-state index contributed by atoms with van der Waals surface area (Å²) in [6, 6.07) is 40.9. The Morgan fingerprint density at radius 1 is 0.170 bits per heavy atom. The summed E-state index contributed by atoms with van der Waals surface area (Å²) in [6.45, 7) is 18.8. The maximum Gasteiger partial charge on any atom is -0.00268 e. The van der Waals surface area contributed by atoms with Gasteiger partial charge in [0.15, 0.2) is 0 Å². The molecule has 532 valence electrons. The van der Waals surface area contributed by atoms with Crippen molar-refractivity contribution in [3.63, 3.8) is 0 Å². The van der Waals surface area contributed by atoms with Gasteiger partial charge in [-0.15, -0.1) is 0 Å². The number of benzene rings is 4. The van der Waals surface area contributed by atoms with Crippen LogP contribution in [0.5, 0.6) is 0 Å². The van der Waals surface area contributed by atoms with Crippen molar-refractivity contribution < 1.29 is 0 Å². The Kier molecular flexibility index (Phi) is 50.8. The van der Waals surface area contributed by atoms with Crippen LogP contribution in [-0.4, -0.2) is 0 Å². The second-order valence-corrected chi connectivity index (χ2v) is 30.9. The van der Waals surface area contributed by atoms with Gasteiger partial charge in [-0.1, -0.05) is 486 Å². The fourth-order valence-electron chi connectivity index (χ4n) is 15.9. The molecule has 0 saturated heterocycles. The third-order valence-electron chi connectivity index (χ3n) is 22.0. The molecule has 0 spiro atoms. The van der Waals surface area contributed by atoms with Gasteiger partial charge in [0.05, 0.1) is 0 Å². The van der Waals surface area contributed by atoms with Crippen molar-refractivity contribution in [2.24, 2.45) is 23.7 Å². The molecule has 0 radical (unpaired) electrons. The molecule has 4 unspecified atom stereocenters. The summed E-state index contributed by atoms with van der Waals surface area (Å²) in [7, 11) is 0. The average molecular weight is 1290 g/mol. The van der Waals surface area contributed by atoms with E-state index < -0.39 is 0 Å². The summed E-state index contributed by atoms with van der Waals surface area (Å²) in [5, 5.41) is 0. The van der Waals surface area contributed by atoms with Crippen LogP contribution in [-0.2, 0) is 25.7 Å². The van der Waals surface area contributed by atoms with Crippen LogP contribution in [0.4, 0.5) is 0 Å². The summed E-state index contributed by atoms with van der Waals surface area (Å²) < 4.78 is 0. The SMILES string of the molecule is CCCCCCCCCC(CCCCCC)Cc1ccc(C(=C(c2ccc(CC(CCCCCC)CCCCCCCCC)cc2)c2ccc(CC(CCCCCC)CCCCCCCCC)cc2)c2ccc(CC(CCCCCC)CCCCCCCCC)cc2)cc1. The van der Waals surface area contributed by atoms with E-state index in [0.29, 0.717) is 0 Å². The number of unbranched alkanes of at least 4 members (excludes halogenated alkanes) is 36. The highest BCUT2D eigenvalue weighted by atomic mass is 14.3. The van der Waals surface area contributed by atoms with Crippen molar-refractivity contribution in [2.75, 3.05) is 0 Å². The van der Waals surface area contributed by atoms with Crippen molar-refractivity contribution in [3.8, 4) is 0 Å². The van der Waals surface area contributed by atoms with E-state index in [1.54, 1.807) is 0 Å². The first-order chi connectivity index (χ1) is 46.4. The highest BCUT2D eigenvalue weighted by Crippen LogP contribution is 2.39. The van der Waals surface area contributed by atoms with Gasteiger partial charge in [0.2, 0.25) is 0 Å². The first kappa shape index (κ1) is 83.0. The fraction of sp³-hybridized carbons (Fsp3) is 0.723. The Hall–Kier alpha value is -3.38. The van der Waals surface area contributed by atoms with Crippen LogP contribution in [0.25, 0.3) is 11.1 Å². The Labute approximate surface area is 587 Å². The largest absolute Gasteiger partial charge is 0.0654 e. The molecule has 0 heterocycles. The molecule has 0 aliphatic rings. The molecule has 0 saturated carbocycles. The summed E-state index contributed by atoms with van der Waals surface area (Å²) in [6.07, 6.45) is 76.8. The average Bonchev–Trinajstić information content (AvgIpc) is 0.784. The van der Waals surface area contributed by atoms with Gasteiger partial charge in [0.25, 0.3) is 0 Å². The summed E-state index contributed by atoms with van der Waals surface area (Å²) >= 11 is 0.